The van der Waals surface area contributed by atoms with Crippen molar-refractivity contribution in [1.29, 1.82) is 0 Å². The molecule has 2 aliphatic rings. The van der Waals surface area contributed by atoms with Gasteiger partial charge in [-0.3, -0.25) is 14.2 Å². The van der Waals surface area contributed by atoms with E-state index in [1.165, 1.54) is 56.8 Å². The molecule has 192 valence electrons. The number of nitrogens with zero attached hydrogens (tertiary/aromatic N) is 4. The lowest BCUT2D eigenvalue weighted by atomic mass is 9.83. The van der Waals surface area contributed by atoms with Gasteiger partial charge >= 0.3 is 0 Å². The lowest BCUT2D eigenvalue weighted by molar-refractivity contribution is -0.133. The van der Waals surface area contributed by atoms with Gasteiger partial charge in [0.15, 0.2) is 11.5 Å². The number of hydrogen-bond acceptors (Lipinski definition) is 7. The van der Waals surface area contributed by atoms with Crippen molar-refractivity contribution in [2.75, 3.05) is 54.1 Å². The molecule has 0 spiro atoms. The van der Waals surface area contributed by atoms with Crippen LogP contribution in [0.25, 0.3) is 10.9 Å². The summed E-state index contributed by atoms with van der Waals surface area (Å²) in [6.45, 7) is 4.25. The Morgan fingerprint density at radius 3 is 2.63 bits per heavy atom. The Bertz CT molecular complexity index is 1070. The number of rotatable bonds is 10. The third kappa shape index (κ3) is 5.78. The summed E-state index contributed by atoms with van der Waals surface area (Å²) in [6, 6.07) is 3.86. The number of amides is 1. The predicted octanol–water partition coefficient (Wildman–Crippen LogP) is 2.54. The predicted molar refractivity (Wildman–Crippen MR) is 134 cm³/mol. The zero-order valence-electron chi connectivity index (χ0n) is 21.2. The zero-order valence-corrected chi connectivity index (χ0v) is 21.2. The van der Waals surface area contributed by atoms with Gasteiger partial charge < -0.3 is 24.0 Å². The third-order valence-electron chi connectivity index (χ3n) is 7.45. The van der Waals surface area contributed by atoms with E-state index in [0.717, 1.165) is 19.4 Å². The Morgan fingerprint density at radius 1 is 1.09 bits per heavy atom. The average Bonchev–Trinajstić information content (AvgIpc) is 2.89. The van der Waals surface area contributed by atoms with Crippen molar-refractivity contribution in [3.63, 3.8) is 0 Å². The largest absolute Gasteiger partial charge is 0.493 e. The normalized spacial score (nSPS) is 20.4. The number of fused-ring (bicyclic) bond motifs is 2. The number of methoxy groups -OCH3 is 3. The van der Waals surface area contributed by atoms with Crippen molar-refractivity contribution < 1.29 is 19.0 Å². The summed E-state index contributed by atoms with van der Waals surface area (Å²) >= 11 is 0. The Morgan fingerprint density at radius 2 is 1.86 bits per heavy atom. The van der Waals surface area contributed by atoms with Crippen molar-refractivity contribution in [2.45, 2.75) is 51.1 Å². The summed E-state index contributed by atoms with van der Waals surface area (Å²) in [5.74, 6) is 1.38. The molecule has 1 amide bonds. The molecule has 2 unspecified atom stereocenters. The first-order valence-corrected chi connectivity index (χ1v) is 12.7. The third-order valence-corrected chi connectivity index (χ3v) is 7.45. The fraction of sp³-hybridized carbons (Fsp3) is 0.654. The summed E-state index contributed by atoms with van der Waals surface area (Å²) in [5, 5.41) is 0.397. The highest BCUT2D eigenvalue weighted by Crippen LogP contribution is 2.32. The summed E-state index contributed by atoms with van der Waals surface area (Å²) in [5.41, 5.74) is 0.241. The number of benzene rings is 1. The lowest BCUT2D eigenvalue weighted by Crippen LogP contribution is -2.52. The highest BCUT2D eigenvalue weighted by Gasteiger charge is 2.34. The van der Waals surface area contributed by atoms with Crippen LogP contribution in [0.3, 0.4) is 0 Å². The second kappa shape index (κ2) is 11.9. The van der Waals surface area contributed by atoms with Gasteiger partial charge in [0.25, 0.3) is 5.56 Å². The van der Waals surface area contributed by atoms with Crippen LogP contribution in [0, 0.1) is 5.92 Å². The number of ether oxygens (including phenoxy) is 3. The van der Waals surface area contributed by atoms with Gasteiger partial charge in [-0.25, -0.2) is 4.98 Å². The van der Waals surface area contributed by atoms with E-state index >= 15 is 0 Å². The maximum atomic E-state index is 13.5. The highest BCUT2D eigenvalue weighted by molar-refractivity contribution is 5.82. The first-order valence-electron chi connectivity index (χ1n) is 12.7. The monoisotopic (exact) mass is 486 g/mol. The number of aromatic nitrogens is 2. The van der Waals surface area contributed by atoms with Gasteiger partial charge in [0, 0.05) is 38.9 Å². The average molecular weight is 487 g/mol. The van der Waals surface area contributed by atoms with Crippen LogP contribution in [0.2, 0.25) is 0 Å². The quantitative estimate of drug-likeness (QED) is 0.477. The van der Waals surface area contributed by atoms with Crippen molar-refractivity contribution >= 4 is 16.8 Å². The minimum atomic E-state index is -0.266. The first-order chi connectivity index (χ1) is 17.0. The maximum absolute atomic E-state index is 13.5. The Hall–Kier alpha value is -2.65. The molecule has 0 aliphatic carbocycles. The van der Waals surface area contributed by atoms with Gasteiger partial charge in [-0.05, 0) is 57.2 Å². The SMILES string of the molecule is COCCCN(CC1CCCN2CCCCC12)C(=O)Cn1cnc2cc(OC)c(OC)cc2c1=O. The van der Waals surface area contributed by atoms with Crippen LogP contribution in [0.15, 0.2) is 23.3 Å². The summed E-state index contributed by atoms with van der Waals surface area (Å²) in [6.07, 6.45) is 8.30. The molecular formula is C26H38N4O5. The van der Waals surface area contributed by atoms with E-state index in [4.69, 9.17) is 14.2 Å². The van der Waals surface area contributed by atoms with E-state index < -0.39 is 0 Å². The van der Waals surface area contributed by atoms with E-state index in [9.17, 15) is 9.59 Å². The van der Waals surface area contributed by atoms with Crippen molar-refractivity contribution in [3.05, 3.63) is 28.8 Å². The molecule has 1 aromatic carbocycles. The van der Waals surface area contributed by atoms with E-state index in [0.29, 0.717) is 47.5 Å². The van der Waals surface area contributed by atoms with Crippen molar-refractivity contribution in [1.82, 2.24) is 19.4 Å². The first kappa shape index (κ1) is 25.4. The molecule has 9 nitrogen and oxygen atoms in total. The molecule has 0 N–H and O–H groups in total. The van der Waals surface area contributed by atoms with Crippen LogP contribution in [0.5, 0.6) is 11.5 Å². The van der Waals surface area contributed by atoms with Crippen LogP contribution in [0.4, 0.5) is 0 Å². The second-order valence-corrected chi connectivity index (χ2v) is 9.59. The minimum absolute atomic E-state index is 0.0375. The molecule has 35 heavy (non-hydrogen) atoms. The highest BCUT2D eigenvalue weighted by atomic mass is 16.5. The molecule has 2 atom stereocenters. The fourth-order valence-electron chi connectivity index (χ4n) is 5.63. The molecule has 2 fully saturated rings. The van der Waals surface area contributed by atoms with Crippen molar-refractivity contribution in [2.24, 2.45) is 5.92 Å². The Labute approximate surface area is 207 Å². The maximum Gasteiger partial charge on any atom is 0.261 e. The molecule has 1 aromatic heterocycles. The van der Waals surface area contributed by atoms with Crippen LogP contribution in [0.1, 0.15) is 38.5 Å². The number of carbonyl (C=O) groups excluding carboxylic acids is 1. The number of hydrogen-bond donors (Lipinski definition) is 0. The van der Waals surface area contributed by atoms with Gasteiger partial charge in [-0.1, -0.05) is 6.42 Å². The van der Waals surface area contributed by atoms with Gasteiger partial charge in [-0.15, -0.1) is 0 Å². The lowest BCUT2D eigenvalue weighted by Gasteiger charge is -2.45. The van der Waals surface area contributed by atoms with Gasteiger partial charge in [-0.2, -0.15) is 0 Å². The van der Waals surface area contributed by atoms with E-state index in [2.05, 4.69) is 9.88 Å². The Kier molecular flexibility index (Phi) is 8.62. The van der Waals surface area contributed by atoms with Crippen LogP contribution < -0.4 is 15.0 Å². The summed E-state index contributed by atoms with van der Waals surface area (Å²) < 4.78 is 17.3. The van der Waals surface area contributed by atoms with Crippen LogP contribution in [-0.2, 0) is 16.1 Å². The number of carbonyl (C=O) groups is 1. The van der Waals surface area contributed by atoms with Gasteiger partial charge in [0.05, 0.1) is 31.4 Å². The van der Waals surface area contributed by atoms with E-state index in [1.54, 1.807) is 26.4 Å². The standard InChI is InChI=1S/C26H38N4O5/c1-33-13-7-12-29(16-19-8-6-11-28-10-5-4-9-22(19)28)25(31)17-30-18-27-21-15-24(35-3)23(34-2)14-20(21)26(30)32/h14-15,18-19,22H,4-13,16-17H2,1-3H3. The molecule has 0 saturated carbocycles. The van der Waals surface area contributed by atoms with E-state index in [-0.39, 0.29) is 18.0 Å². The smallest absolute Gasteiger partial charge is 0.261 e. The molecule has 2 saturated heterocycles. The fourth-order valence-corrected chi connectivity index (χ4v) is 5.63. The molecule has 3 heterocycles. The number of piperidine rings is 2. The van der Waals surface area contributed by atoms with Crippen molar-refractivity contribution in [3.8, 4) is 11.5 Å². The Balaban J connectivity index is 1.54. The second-order valence-electron chi connectivity index (χ2n) is 9.59. The summed E-state index contributed by atoms with van der Waals surface area (Å²) in [4.78, 5) is 35.7. The minimum Gasteiger partial charge on any atom is -0.493 e. The molecule has 0 bridgehead atoms. The molecule has 2 aromatic rings. The van der Waals surface area contributed by atoms with Gasteiger partial charge in [0.1, 0.15) is 6.54 Å². The molecule has 0 radical (unpaired) electrons. The molecule has 2 aliphatic heterocycles. The summed E-state index contributed by atoms with van der Waals surface area (Å²) in [7, 11) is 4.75. The zero-order chi connectivity index (χ0) is 24.8. The molecule has 4 rings (SSSR count). The molecule has 9 heteroatoms. The van der Waals surface area contributed by atoms with Crippen LogP contribution in [-0.4, -0.2) is 85.4 Å². The van der Waals surface area contributed by atoms with Crippen LogP contribution >= 0.6 is 0 Å². The topological polar surface area (TPSA) is 86.1 Å². The van der Waals surface area contributed by atoms with Gasteiger partial charge in [0.2, 0.25) is 5.91 Å². The van der Waals surface area contributed by atoms with E-state index in [1.807, 2.05) is 4.90 Å². The molecular weight excluding hydrogens is 448 g/mol.